The number of anilines is 1. The first-order valence-electron chi connectivity index (χ1n) is 13.4. The van der Waals surface area contributed by atoms with Gasteiger partial charge in [0.15, 0.2) is 15.5 Å². The highest BCUT2D eigenvalue weighted by molar-refractivity contribution is 7.91. The summed E-state index contributed by atoms with van der Waals surface area (Å²) < 4.78 is 40.4. The number of methoxy groups -OCH3 is 1. The minimum Gasteiger partial charge on any atom is -0.382 e. The minimum atomic E-state index is -3.76. The van der Waals surface area contributed by atoms with Crippen LogP contribution in [0.2, 0.25) is 0 Å². The highest BCUT2D eigenvalue weighted by Gasteiger charge is 2.45. The van der Waals surface area contributed by atoms with E-state index in [9.17, 15) is 13.2 Å². The van der Waals surface area contributed by atoms with Gasteiger partial charge in [-0.1, -0.05) is 18.2 Å². The monoisotopic (exact) mass is 581 g/mol. The van der Waals surface area contributed by atoms with Gasteiger partial charge in [-0.15, -0.1) is 0 Å². The second kappa shape index (κ2) is 11.2. The number of benzene rings is 1. The summed E-state index contributed by atoms with van der Waals surface area (Å²) in [6, 6.07) is 9.69. The van der Waals surface area contributed by atoms with Crippen molar-refractivity contribution in [2.24, 2.45) is 0 Å². The molecule has 1 amide bonds. The van der Waals surface area contributed by atoms with E-state index >= 15 is 0 Å². The maximum Gasteiger partial charge on any atom is 0.254 e. The molecule has 12 nitrogen and oxygen atoms in total. The van der Waals surface area contributed by atoms with Crippen molar-refractivity contribution in [3.63, 3.8) is 0 Å². The average Bonchev–Trinajstić information content (AvgIpc) is 3.60. The van der Waals surface area contributed by atoms with E-state index in [1.807, 2.05) is 36.5 Å². The minimum absolute atomic E-state index is 0.00625. The number of likely N-dealkylation sites (N-methyl/N-ethyl adjacent to an activating group) is 1. The van der Waals surface area contributed by atoms with Gasteiger partial charge in [0, 0.05) is 50.7 Å². The Morgan fingerprint density at radius 2 is 1.83 bits per heavy atom. The van der Waals surface area contributed by atoms with Gasteiger partial charge in [0.05, 0.1) is 37.0 Å². The lowest BCUT2D eigenvalue weighted by Crippen LogP contribution is -2.51. The molecule has 0 bridgehead atoms. The summed E-state index contributed by atoms with van der Waals surface area (Å²) in [5.41, 5.74) is 8.64. The molecule has 0 radical (unpaired) electrons. The molecule has 218 valence electrons. The van der Waals surface area contributed by atoms with Crippen molar-refractivity contribution in [1.29, 1.82) is 0 Å². The summed E-state index contributed by atoms with van der Waals surface area (Å²) in [4.78, 5) is 19.6. The van der Waals surface area contributed by atoms with E-state index in [1.165, 1.54) is 9.42 Å². The van der Waals surface area contributed by atoms with Crippen LogP contribution in [0, 0.1) is 0 Å². The van der Waals surface area contributed by atoms with Gasteiger partial charge >= 0.3 is 0 Å². The second-order valence-corrected chi connectivity index (χ2v) is 12.5. The lowest BCUT2D eigenvalue weighted by molar-refractivity contribution is -0.163. The molecule has 0 spiro atoms. The maximum absolute atomic E-state index is 13.2. The van der Waals surface area contributed by atoms with E-state index in [0.29, 0.717) is 49.2 Å². The predicted molar refractivity (Wildman–Crippen MR) is 154 cm³/mol. The Hall–Kier alpha value is -3.81. The van der Waals surface area contributed by atoms with Crippen LogP contribution in [-0.4, -0.2) is 89.9 Å². The normalized spacial score (nSPS) is 19.5. The number of amides is 1. The summed E-state index contributed by atoms with van der Waals surface area (Å²) >= 11 is 0. The topological polar surface area (TPSA) is 147 Å². The van der Waals surface area contributed by atoms with E-state index in [-0.39, 0.29) is 29.1 Å². The molecule has 1 fully saturated rings. The Labute approximate surface area is 239 Å². The Balaban J connectivity index is 1.54. The molecule has 1 aliphatic carbocycles. The van der Waals surface area contributed by atoms with Crippen LogP contribution in [0.1, 0.15) is 37.3 Å². The van der Waals surface area contributed by atoms with Gasteiger partial charge in [0.25, 0.3) is 5.91 Å². The number of nitrogen functional groups attached to an aromatic ring is 1. The summed E-state index contributed by atoms with van der Waals surface area (Å²) in [5, 5.41) is 8.87. The number of hydrogen-bond acceptors (Lipinski definition) is 9. The molecule has 4 aromatic rings. The molecular formula is C28H35N7O5S. The SMILES string of the molecule is COCCOC1(C(=O)N(C)C)CCC(c2nc3c(-c4cnn(-c5ccccc5)c4)cnn3c(N)c2S(C)(=O)=O)CC1. The molecule has 41 heavy (non-hydrogen) atoms. The van der Waals surface area contributed by atoms with Crippen LogP contribution in [-0.2, 0) is 24.1 Å². The van der Waals surface area contributed by atoms with Crippen molar-refractivity contribution in [2.45, 2.75) is 42.1 Å². The number of para-hydroxylation sites is 1. The third-order valence-electron chi connectivity index (χ3n) is 7.59. The first kappa shape index (κ1) is 28.7. The van der Waals surface area contributed by atoms with E-state index in [1.54, 1.807) is 38.3 Å². The third-order valence-corrected chi connectivity index (χ3v) is 8.75. The second-order valence-electron chi connectivity index (χ2n) is 10.6. The molecule has 5 rings (SSSR count). The molecule has 1 aliphatic rings. The molecule has 3 heterocycles. The molecule has 2 N–H and O–H groups in total. The lowest BCUT2D eigenvalue weighted by atomic mass is 9.76. The lowest BCUT2D eigenvalue weighted by Gasteiger charge is -2.40. The number of hydrogen-bond donors (Lipinski definition) is 1. The number of aromatic nitrogens is 5. The Bertz CT molecular complexity index is 1660. The molecular weight excluding hydrogens is 546 g/mol. The summed E-state index contributed by atoms with van der Waals surface area (Å²) in [6.45, 7) is 0.645. The largest absolute Gasteiger partial charge is 0.382 e. The number of rotatable bonds is 9. The predicted octanol–water partition coefficient (Wildman–Crippen LogP) is 2.72. The van der Waals surface area contributed by atoms with Crippen LogP contribution in [0.5, 0.6) is 0 Å². The van der Waals surface area contributed by atoms with Crippen molar-refractivity contribution in [1.82, 2.24) is 29.3 Å². The van der Waals surface area contributed by atoms with Crippen molar-refractivity contribution < 1.29 is 22.7 Å². The highest BCUT2D eigenvalue weighted by Crippen LogP contribution is 2.43. The molecule has 0 unspecified atom stereocenters. The van der Waals surface area contributed by atoms with Crippen molar-refractivity contribution in [3.05, 3.63) is 54.6 Å². The van der Waals surface area contributed by atoms with E-state index < -0.39 is 15.4 Å². The van der Waals surface area contributed by atoms with E-state index in [2.05, 4.69) is 10.2 Å². The van der Waals surface area contributed by atoms with Crippen LogP contribution >= 0.6 is 0 Å². The third kappa shape index (κ3) is 5.44. The van der Waals surface area contributed by atoms with Crippen LogP contribution in [0.4, 0.5) is 5.82 Å². The molecule has 0 aliphatic heterocycles. The standard InChI is InChI=1S/C28H35N7O5S/c1-33(2)27(36)28(40-15-14-39-3)12-10-19(11-13-28)23-24(41(4,37)38)25(29)35-26(32-23)22(17-31-35)20-16-30-34(18-20)21-8-6-5-7-9-21/h5-9,16-19H,10-15,29H2,1-4H3. The fourth-order valence-corrected chi connectivity index (χ4v) is 6.63. The number of carbonyl (C=O) groups is 1. The summed E-state index contributed by atoms with van der Waals surface area (Å²) in [6.07, 6.45) is 8.13. The Morgan fingerprint density at radius 1 is 1.12 bits per heavy atom. The molecule has 1 saturated carbocycles. The number of nitrogens with zero attached hydrogens (tertiary/aromatic N) is 6. The van der Waals surface area contributed by atoms with Crippen molar-refractivity contribution in [2.75, 3.05) is 46.4 Å². The zero-order valence-corrected chi connectivity index (χ0v) is 24.5. The zero-order valence-electron chi connectivity index (χ0n) is 23.6. The van der Waals surface area contributed by atoms with Gasteiger partial charge in [0.1, 0.15) is 16.3 Å². The zero-order chi connectivity index (χ0) is 29.4. The van der Waals surface area contributed by atoms with Crippen LogP contribution < -0.4 is 5.73 Å². The number of fused-ring (bicyclic) bond motifs is 1. The van der Waals surface area contributed by atoms with Gasteiger partial charge in [-0.05, 0) is 37.8 Å². The molecule has 0 saturated heterocycles. The Morgan fingerprint density at radius 3 is 2.46 bits per heavy atom. The molecule has 3 aromatic heterocycles. The molecule has 1 aromatic carbocycles. The van der Waals surface area contributed by atoms with Gasteiger partial charge < -0.3 is 20.1 Å². The number of ether oxygens (including phenoxy) is 2. The number of sulfone groups is 1. The first-order valence-corrected chi connectivity index (χ1v) is 15.3. The van der Waals surface area contributed by atoms with Crippen LogP contribution in [0.25, 0.3) is 22.5 Å². The fourth-order valence-electron chi connectivity index (χ4n) is 5.57. The van der Waals surface area contributed by atoms with Gasteiger partial charge in [-0.2, -0.15) is 14.7 Å². The fraction of sp³-hybridized carbons (Fsp3) is 0.429. The van der Waals surface area contributed by atoms with E-state index in [4.69, 9.17) is 20.2 Å². The Kier molecular flexibility index (Phi) is 7.86. The van der Waals surface area contributed by atoms with Crippen LogP contribution in [0.3, 0.4) is 0 Å². The highest BCUT2D eigenvalue weighted by atomic mass is 32.2. The van der Waals surface area contributed by atoms with Gasteiger partial charge in [-0.25, -0.2) is 18.1 Å². The summed E-state index contributed by atoms with van der Waals surface area (Å²) in [5.74, 6) is -0.366. The van der Waals surface area contributed by atoms with Crippen molar-refractivity contribution >= 4 is 27.2 Å². The van der Waals surface area contributed by atoms with E-state index in [0.717, 1.165) is 17.5 Å². The number of carbonyl (C=O) groups excluding carboxylic acids is 1. The van der Waals surface area contributed by atoms with Crippen LogP contribution in [0.15, 0.2) is 53.8 Å². The molecule has 13 heteroatoms. The van der Waals surface area contributed by atoms with Gasteiger partial charge in [-0.3, -0.25) is 4.79 Å². The maximum atomic E-state index is 13.2. The summed E-state index contributed by atoms with van der Waals surface area (Å²) in [7, 11) is 1.23. The van der Waals surface area contributed by atoms with Crippen molar-refractivity contribution in [3.8, 4) is 16.8 Å². The quantitative estimate of drug-likeness (QED) is 0.295. The smallest absolute Gasteiger partial charge is 0.254 e. The van der Waals surface area contributed by atoms with Gasteiger partial charge in [0.2, 0.25) is 0 Å². The number of nitrogens with two attached hydrogens (primary N) is 1. The average molecular weight is 582 g/mol. The first-order chi connectivity index (χ1) is 19.6. The molecule has 0 atom stereocenters.